The molecular weight excluding hydrogens is 286 g/mol. The minimum atomic E-state index is -0.385. The van der Waals surface area contributed by atoms with Crippen LogP contribution < -0.4 is 5.32 Å². The first-order valence-corrected chi connectivity index (χ1v) is 7.21. The molecule has 0 aliphatic rings. The van der Waals surface area contributed by atoms with E-state index < -0.39 is 0 Å². The van der Waals surface area contributed by atoms with Crippen molar-refractivity contribution in [1.29, 1.82) is 0 Å². The lowest BCUT2D eigenvalue weighted by Gasteiger charge is -2.09. The highest BCUT2D eigenvalue weighted by atomic mass is 16.3. The number of phenols is 1. The third kappa shape index (κ3) is 3.98. The number of phenolic OH excluding ortho intramolecular Hbond substituents is 1. The zero-order valence-corrected chi connectivity index (χ0v) is 13.0. The maximum absolute atomic E-state index is 12.4. The average Bonchev–Trinajstić information content (AvgIpc) is 2.57. The number of carbonyl (C=O) groups excluding carboxylic acids is 1. The van der Waals surface area contributed by atoms with E-state index in [-0.39, 0.29) is 17.2 Å². The van der Waals surface area contributed by atoms with Crippen molar-refractivity contribution >= 4 is 16.7 Å². The van der Waals surface area contributed by atoms with E-state index in [0.717, 1.165) is 16.3 Å². The third-order valence-electron chi connectivity index (χ3n) is 3.43. The molecule has 2 N–H and O–H groups in total. The van der Waals surface area contributed by atoms with E-state index in [1.807, 2.05) is 37.3 Å². The van der Waals surface area contributed by atoms with E-state index in [9.17, 15) is 9.90 Å². The van der Waals surface area contributed by atoms with E-state index in [1.165, 1.54) is 0 Å². The predicted molar refractivity (Wildman–Crippen MR) is 95.3 cm³/mol. The molecule has 2 aromatic rings. The molecule has 0 saturated heterocycles. The Hall–Kier alpha value is -3.07. The van der Waals surface area contributed by atoms with Crippen LogP contribution in [-0.4, -0.2) is 11.0 Å². The molecule has 0 saturated carbocycles. The number of carbonyl (C=O) groups is 1. The Labute approximate surface area is 136 Å². The van der Waals surface area contributed by atoms with E-state index in [4.69, 9.17) is 0 Å². The van der Waals surface area contributed by atoms with Gasteiger partial charge in [-0.25, -0.2) is 0 Å². The fraction of sp³-hybridized carbons (Fsp3) is 0.0500. The van der Waals surface area contributed by atoms with Gasteiger partial charge >= 0.3 is 0 Å². The first-order valence-electron chi connectivity index (χ1n) is 7.21. The van der Waals surface area contributed by atoms with Crippen molar-refractivity contribution < 1.29 is 9.90 Å². The van der Waals surface area contributed by atoms with Gasteiger partial charge in [-0.2, -0.15) is 0 Å². The van der Waals surface area contributed by atoms with Crippen LogP contribution >= 0.6 is 0 Å². The van der Waals surface area contributed by atoms with E-state index in [2.05, 4.69) is 18.5 Å². The molecule has 0 aliphatic heterocycles. The summed E-state index contributed by atoms with van der Waals surface area (Å²) in [6.45, 7) is 9.26. The van der Waals surface area contributed by atoms with Gasteiger partial charge in [0.15, 0.2) is 0 Å². The number of benzene rings is 2. The molecule has 3 heteroatoms. The maximum Gasteiger partial charge on any atom is 0.259 e. The molecular formula is C20H19NO2. The van der Waals surface area contributed by atoms with Crippen molar-refractivity contribution in [3.8, 4) is 5.75 Å². The van der Waals surface area contributed by atoms with E-state index >= 15 is 0 Å². The second kappa shape index (κ2) is 7.27. The van der Waals surface area contributed by atoms with Crippen LogP contribution in [0.25, 0.3) is 10.8 Å². The maximum atomic E-state index is 12.4. The summed E-state index contributed by atoms with van der Waals surface area (Å²) in [6, 6.07) is 10.8. The Morgan fingerprint density at radius 1 is 1.09 bits per heavy atom. The second-order valence-electron chi connectivity index (χ2n) is 5.11. The Kier molecular flexibility index (Phi) is 5.15. The topological polar surface area (TPSA) is 49.3 Å². The van der Waals surface area contributed by atoms with Gasteiger partial charge in [0.2, 0.25) is 0 Å². The summed E-state index contributed by atoms with van der Waals surface area (Å²) in [7, 11) is 0. The molecule has 2 aromatic carbocycles. The minimum Gasteiger partial charge on any atom is -0.507 e. The van der Waals surface area contributed by atoms with Gasteiger partial charge in [-0.15, -0.1) is 0 Å². The summed E-state index contributed by atoms with van der Waals surface area (Å²) < 4.78 is 0. The number of allylic oxidation sites excluding steroid dienone is 5. The molecule has 1 amide bonds. The van der Waals surface area contributed by atoms with Gasteiger partial charge in [-0.05, 0) is 42.0 Å². The van der Waals surface area contributed by atoms with Crippen LogP contribution in [-0.2, 0) is 0 Å². The summed E-state index contributed by atoms with van der Waals surface area (Å²) in [6.07, 6.45) is 6.82. The quantitative estimate of drug-likeness (QED) is 0.800. The van der Waals surface area contributed by atoms with Crippen LogP contribution in [0.15, 0.2) is 85.1 Å². The number of hydrogen-bond donors (Lipinski definition) is 2. The first kappa shape index (κ1) is 16.3. The number of fused-ring (bicyclic) bond motifs is 1. The molecule has 2 rings (SSSR count). The molecule has 0 atom stereocenters. The van der Waals surface area contributed by atoms with Gasteiger partial charge in [-0.3, -0.25) is 4.79 Å². The highest BCUT2D eigenvalue weighted by Gasteiger charge is 2.12. The fourth-order valence-corrected chi connectivity index (χ4v) is 2.06. The van der Waals surface area contributed by atoms with Crippen LogP contribution in [0.1, 0.15) is 17.3 Å². The molecule has 0 aromatic heterocycles. The van der Waals surface area contributed by atoms with Gasteiger partial charge in [0.25, 0.3) is 5.91 Å². The van der Waals surface area contributed by atoms with Crippen molar-refractivity contribution in [2.24, 2.45) is 0 Å². The Bertz CT molecular complexity index is 829. The monoisotopic (exact) mass is 305 g/mol. The smallest absolute Gasteiger partial charge is 0.259 e. The lowest BCUT2D eigenvalue weighted by atomic mass is 10.1. The molecule has 116 valence electrons. The highest BCUT2D eigenvalue weighted by molar-refractivity contribution is 6.02. The van der Waals surface area contributed by atoms with Crippen LogP contribution in [0.5, 0.6) is 5.75 Å². The third-order valence-corrected chi connectivity index (χ3v) is 3.43. The van der Waals surface area contributed by atoms with Crippen molar-refractivity contribution in [3.05, 3.63) is 90.7 Å². The fourth-order valence-electron chi connectivity index (χ4n) is 2.06. The number of nitrogens with one attached hydrogen (secondary N) is 1. The Morgan fingerprint density at radius 3 is 2.35 bits per heavy atom. The van der Waals surface area contributed by atoms with Gasteiger partial charge in [0.05, 0.1) is 5.56 Å². The zero-order valence-electron chi connectivity index (χ0n) is 13.0. The Morgan fingerprint density at radius 2 is 1.74 bits per heavy atom. The van der Waals surface area contributed by atoms with Gasteiger partial charge in [0, 0.05) is 5.70 Å². The van der Waals surface area contributed by atoms with Crippen molar-refractivity contribution in [1.82, 2.24) is 5.32 Å². The molecule has 0 fully saturated rings. The van der Waals surface area contributed by atoms with Crippen LogP contribution in [0.3, 0.4) is 0 Å². The van der Waals surface area contributed by atoms with Crippen LogP contribution in [0, 0.1) is 0 Å². The lowest BCUT2D eigenvalue weighted by Crippen LogP contribution is -2.21. The van der Waals surface area contributed by atoms with E-state index in [1.54, 1.807) is 30.4 Å². The van der Waals surface area contributed by atoms with Crippen molar-refractivity contribution in [2.45, 2.75) is 6.92 Å². The van der Waals surface area contributed by atoms with Crippen molar-refractivity contribution in [3.63, 3.8) is 0 Å². The number of rotatable bonds is 5. The zero-order chi connectivity index (χ0) is 16.8. The summed E-state index contributed by atoms with van der Waals surface area (Å²) >= 11 is 0. The lowest BCUT2D eigenvalue weighted by molar-refractivity contribution is 0.0964. The molecule has 3 nitrogen and oxygen atoms in total. The van der Waals surface area contributed by atoms with Gasteiger partial charge in [0.1, 0.15) is 5.75 Å². The molecule has 0 aliphatic carbocycles. The molecule has 0 spiro atoms. The Balaban J connectivity index is 2.31. The first-order chi connectivity index (χ1) is 11.0. The SMILES string of the molecule is C=C/C(C)=C\C=C(/C=C)NC(=O)c1cc2ccccc2cc1O. The van der Waals surface area contributed by atoms with E-state index in [0.29, 0.717) is 5.70 Å². The number of hydrogen-bond acceptors (Lipinski definition) is 2. The molecule has 23 heavy (non-hydrogen) atoms. The second-order valence-corrected chi connectivity index (χ2v) is 5.11. The number of amides is 1. The van der Waals surface area contributed by atoms with Crippen LogP contribution in [0.2, 0.25) is 0 Å². The van der Waals surface area contributed by atoms with Gasteiger partial charge < -0.3 is 10.4 Å². The molecule has 0 unspecified atom stereocenters. The van der Waals surface area contributed by atoms with Gasteiger partial charge in [-0.1, -0.05) is 55.1 Å². The molecule has 0 radical (unpaired) electrons. The summed E-state index contributed by atoms with van der Waals surface area (Å²) in [4.78, 5) is 12.4. The molecule has 0 heterocycles. The summed E-state index contributed by atoms with van der Waals surface area (Å²) in [5.74, 6) is -0.438. The summed E-state index contributed by atoms with van der Waals surface area (Å²) in [5, 5.41) is 14.6. The normalized spacial score (nSPS) is 12.0. The number of aromatic hydroxyl groups is 1. The predicted octanol–water partition coefficient (Wildman–Crippen LogP) is 4.48. The standard InChI is InChI=1S/C20H19NO2/c1-4-14(3)10-11-17(5-2)21-20(23)18-12-15-8-6-7-9-16(15)13-19(18)22/h4-13,22H,1-2H2,3H3,(H,21,23)/b14-10-,17-11+. The van der Waals surface area contributed by atoms with Crippen molar-refractivity contribution in [2.75, 3.05) is 0 Å². The molecule has 0 bridgehead atoms. The average molecular weight is 305 g/mol. The summed E-state index contributed by atoms with van der Waals surface area (Å²) in [5.41, 5.74) is 1.73. The largest absolute Gasteiger partial charge is 0.507 e. The van der Waals surface area contributed by atoms with Crippen LogP contribution in [0.4, 0.5) is 0 Å². The minimum absolute atomic E-state index is 0.0533. The highest BCUT2D eigenvalue weighted by Crippen LogP contribution is 2.25.